The number of benzene rings is 2. The number of carbonyl (C=O) groups excluding carboxylic acids is 1. The zero-order valence-corrected chi connectivity index (χ0v) is 21.2. The van der Waals surface area contributed by atoms with Crippen molar-refractivity contribution in [2.75, 3.05) is 19.6 Å². The van der Waals surface area contributed by atoms with Gasteiger partial charge in [0, 0.05) is 53.9 Å². The van der Waals surface area contributed by atoms with Gasteiger partial charge in [0.05, 0.1) is 10.7 Å². The Labute approximate surface area is 216 Å². The largest absolute Gasteiger partial charge is 0.360 e. The highest BCUT2D eigenvalue weighted by Gasteiger charge is 2.20. The maximum atomic E-state index is 13.6. The maximum absolute atomic E-state index is 13.6. The minimum Gasteiger partial charge on any atom is -0.360 e. The van der Waals surface area contributed by atoms with Crippen LogP contribution in [-0.2, 0) is 0 Å². The Kier molecular flexibility index (Phi) is 8.47. The molecule has 3 heterocycles. The van der Waals surface area contributed by atoms with Crippen LogP contribution in [-0.4, -0.2) is 40.3 Å². The van der Waals surface area contributed by atoms with E-state index in [9.17, 15) is 9.18 Å². The Morgan fingerprint density at radius 1 is 1.08 bits per heavy atom. The van der Waals surface area contributed by atoms with Crippen molar-refractivity contribution in [3.8, 4) is 22.4 Å². The summed E-state index contributed by atoms with van der Waals surface area (Å²) in [6.45, 7) is 6.84. The average Bonchev–Trinajstić information content (AvgIpc) is 3.37. The van der Waals surface area contributed by atoms with Gasteiger partial charge < -0.3 is 4.98 Å². The van der Waals surface area contributed by atoms with Crippen LogP contribution in [0.4, 0.5) is 4.39 Å². The van der Waals surface area contributed by atoms with Crippen LogP contribution in [0.15, 0.2) is 85.3 Å². The third kappa shape index (κ3) is 5.99. The molecular weight excluding hydrogens is 473 g/mol. The zero-order chi connectivity index (χ0) is 25.5. The molecule has 0 unspecified atom stereocenters. The number of nitrogens with one attached hydrogen (secondary N) is 1. The summed E-state index contributed by atoms with van der Waals surface area (Å²) in [5.74, 6) is -0.289. The topological polar surface area (TPSA) is 49.0 Å². The van der Waals surface area contributed by atoms with Gasteiger partial charge in [0.1, 0.15) is 5.82 Å². The maximum Gasteiger partial charge on any atom is 0.159 e. The highest BCUT2D eigenvalue weighted by Crippen LogP contribution is 2.40. The lowest BCUT2D eigenvalue weighted by atomic mass is 9.92. The van der Waals surface area contributed by atoms with Crippen LogP contribution in [0.1, 0.15) is 36.2 Å². The number of Topliss-reactive ketones (excluding diaryl/α,β-unsaturated/α-hetero) is 1. The molecule has 2 aromatic carbocycles. The smallest absolute Gasteiger partial charge is 0.159 e. The van der Waals surface area contributed by atoms with E-state index in [-0.39, 0.29) is 10.8 Å². The van der Waals surface area contributed by atoms with E-state index < -0.39 is 5.82 Å². The number of ketones is 1. The number of aromatic amines is 1. The van der Waals surface area contributed by atoms with Gasteiger partial charge >= 0.3 is 0 Å². The summed E-state index contributed by atoms with van der Waals surface area (Å²) in [6, 6.07) is 18.1. The van der Waals surface area contributed by atoms with Crippen LogP contribution in [0.2, 0.25) is 5.02 Å². The molecule has 0 fully saturated rings. The van der Waals surface area contributed by atoms with Gasteiger partial charge in [-0.05, 0) is 61.4 Å². The molecule has 1 aliphatic rings. The third-order valence-corrected chi connectivity index (χ3v) is 6.61. The summed E-state index contributed by atoms with van der Waals surface area (Å²) in [6.07, 6.45) is 8.95. The van der Waals surface area contributed by atoms with Gasteiger partial charge in [0.2, 0.25) is 0 Å². The number of aromatic nitrogens is 2. The third-order valence-electron chi connectivity index (χ3n) is 6.32. The Balaban J connectivity index is 0.000000286. The van der Waals surface area contributed by atoms with Crippen molar-refractivity contribution in [2.45, 2.75) is 20.3 Å². The highest BCUT2D eigenvalue weighted by atomic mass is 35.5. The normalized spacial score (nSPS) is 13.5. The van der Waals surface area contributed by atoms with Crippen LogP contribution in [0.25, 0.3) is 28.0 Å². The van der Waals surface area contributed by atoms with Crippen LogP contribution in [0.5, 0.6) is 0 Å². The summed E-state index contributed by atoms with van der Waals surface area (Å²) >= 11 is 6.03. The van der Waals surface area contributed by atoms with Gasteiger partial charge in [-0.15, -0.1) is 0 Å². The fourth-order valence-electron chi connectivity index (χ4n) is 4.29. The number of hydrogen-bond donors (Lipinski definition) is 1. The fourth-order valence-corrected chi connectivity index (χ4v) is 4.47. The predicted molar refractivity (Wildman–Crippen MR) is 146 cm³/mol. The predicted octanol–water partition coefficient (Wildman–Crippen LogP) is 7.53. The SMILES string of the molecule is CC(=O)c1ccccc1.CCN1CC=C(c2c[nH]c(-c3ccc(F)c(Cl)c3)c2-c2ccncc2)CC1. The standard InChI is InChI=1S/C22H21ClFN3.C8H8O/c1-2-27-11-7-15(8-12-27)18-14-26-22(17-3-4-20(24)19(23)13-17)21(18)16-5-9-25-10-6-16;1-7(9)8-5-3-2-4-6-8/h3-7,9-10,13-14,26H,2,8,11-12H2,1H3;2-6H,1H3. The lowest BCUT2D eigenvalue weighted by Crippen LogP contribution is -2.28. The molecule has 36 heavy (non-hydrogen) atoms. The number of nitrogens with zero attached hydrogens (tertiary/aromatic N) is 2. The molecular formula is C30H29ClFN3O. The Bertz CT molecular complexity index is 1350. The zero-order valence-electron chi connectivity index (χ0n) is 20.5. The molecule has 4 aromatic rings. The highest BCUT2D eigenvalue weighted by molar-refractivity contribution is 6.31. The fraction of sp³-hybridized carbons (Fsp3) is 0.200. The minimum atomic E-state index is -0.410. The van der Waals surface area contributed by atoms with E-state index in [1.165, 1.54) is 17.2 Å². The Morgan fingerprint density at radius 2 is 1.83 bits per heavy atom. The van der Waals surface area contributed by atoms with Gasteiger partial charge in [0.25, 0.3) is 0 Å². The van der Waals surface area contributed by atoms with Crippen molar-refractivity contribution in [3.63, 3.8) is 0 Å². The van der Waals surface area contributed by atoms with E-state index >= 15 is 0 Å². The molecule has 6 heteroatoms. The van der Waals surface area contributed by atoms with E-state index in [0.717, 1.165) is 54.0 Å². The van der Waals surface area contributed by atoms with E-state index in [1.54, 1.807) is 31.5 Å². The summed E-state index contributed by atoms with van der Waals surface area (Å²) in [4.78, 5) is 20.6. The van der Waals surface area contributed by atoms with Crippen LogP contribution in [0, 0.1) is 5.82 Å². The van der Waals surface area contributed by atoms with Gasteiger partial charge in [-0.2, -0.15) is 0 Å². The molecule has 2 aromatic heterocycles. The molecule has 4 nitrogen and oxygen atoms in total. The minimum absolute atomic E-state index is 0.121. The van der Waals surface area contributed by atoms with E-state index in [1.807, 2.05) is 42.5 Å². The van der Waals surface area contributed by atoms with Crippen molar-refractivity contribution < 1.29 is 9.18 Å². The molecule has 0 saturated carbocycles. The van der Waals surface area contributed by atoms with Crippen LogP contribution < -0.4 is 0 Å². The molecule has 5 rings (SSSR count). The van der Waals surface area contributed by atoms with Crippen molar-refractivity contribution in [1.29, 1.82) is 0 Å². The first-order chi connectivity index (χ1) is 17.5. The average molecular weight is 502 g/mol. The second kappa shape index (κ2) is 11.9. The van der Waals surface area contributed by atoms with Crippen molar-refractivity contribution >= 4 is 23.0 Å². The summed E-state index contributed by atoms with van der Waals surface area (Å²) < 4.78 is 13.6. The Hall–Kier alpha value is -3.54. The van der Waals surface area contributed by atoms with E-state index in [2.05, 4.69) is 34.1 Å². The molecule has 0 saturated heterocycles. The quantitative estimate of drug-likeness (QED) is 0.287. The molecule has 0 bridgehead atoms. The number of H-pyrrole nitrogens is 1. The molecule has 1 N–H and O–H groups in total. The van der Waals surface area contributed by atoms with Crippen molar-refractivity contribution in [2.24, 2.45) is 0 Å². The molecule has 0 atom stereocenters. The molecule has 0 spiro atoms. The lowest BCUT2D eigenvalue weighted by Gasteiger charge is -2.25. The van der Waals surface area contributed by atoms with Crippen LogP contribution in [0.3, 0.4) is 0 Å². The first-order valence-electron chi connectivity index (χ1n) is 12.0. The Morgan fingerprint density at radius 3 is 2.42 bits per heavy atom. The monoisotopic (exact) mass is 501 g/mol. The molecule has 1 aliphatic heterocycles. The van der Waals surface area contributed by atoms with Crippen LogP contribution >= 0.6 is 11.6 Å². The van der Waals surface area contributed by atoms with Crippen molar-refractivity contribution in [3.05, 3.63) is 107 Å². The van der Waals surface area contributed by atoms with Gasteiger partial charge in [-0.25, -0.2) is 4.39 Å². The molecule has 0 radical (unpaired) electrons. The second-order valence-electron chi connectivity index (χ2n) is 8.61. The van der Waals surface area contributed by atoms with Crippen molar-refractivity contribution in [1.82, 2.24) is 14.9 Å². The first-order valence-corrected chi connectivity index (χ1v) is 12.4. The van der Waals surface area contributed by atoms with Gasteiger partial charge in [0.15, 0.2) is 5.78 Å². The van der Waals surface area contributed by atoms with E-state index in [4.69, 9.17) is 11.6 Å². The second-order valence-corrected chi connectivity index (χ2v) is 9.02. The number of likely N-dealkylation sites (N-methyl/N-ethyl adjacent to an activating group) is 1. The van der Waals surface area contributed by atoms with E-state index in [0.29, 0.717) is 0 Å². The van der Waals surface area contributed by atoms with Gasteiger partial charge in [-0.3, -0.25) is 14.7 Å². The molecule has 0 aliphatic carbocycles. The number of rotatable bonds is 5. The molecule has 0 amide bonds. The number of pyridine rings is 1. The molecule has 184 valence electrons. The number of carbonyl (C=O) groups is 1. The summed E-state index contributed by atoms with van der Waals surface area (Å²) in [5.41, 5.74) is 7.29. The summed E-state index contributed by atoms with van der Waals surface area (Å²) in [5, 5.41) is 0.125. The first kappa shape index (κ1) is 25.5. The number of halogens is 2. The number of hydrogen-bond acceptors (Lipinski definition) is 3. The van der Waals surface area contributed by atoms with Gasteiger partial charge in [-0.1, -0.05) is 54.9 Å². The summed E-state index contributed by atoms with van der Waals surface area (Å²) in [7, 11) is 0. The lowest BCUT2D eigenvalue weighted by molar-refractivity contribution is 0.101.